The monoisotopic (exact) mass is 1140 g/mol. The lowest BCUT2D eigenvalue weighted by atomic mass is 10.1. The van der Waals surface area contributed by atoms with E-state index in [-0.39, 0.29) is 87.0 Å². The molecule has 3 saturated heterocycles. The molecule has 0 unspecified atom stereocenters. The van der Waals surface area contributed by atoms with E-state index in [1.807, 2.05) is 18.7 Å². The Morgan fingerprint density at radius 2 is 1.19 bits per heavy atom. The number of hydrogen-bond donors (Lipinski definition) is 4. The zero-order valence-corrected chi connectivity index (χ0v) is 44.2. The fraction of sp³-hybridized carbons (Fsp3) is 0.373. The Morgan fingerprint density at radius 3 is 1.61 bits per heavy atom. The molecule has 3 fully saturated rings. The molecule has 0 radical (unpaired) electrons. The number of amides is 4. The number of pyridine rings is 2. The molecule has 6 aromatic rings. The lowest BCUT2D eigenvalue weighted by Gasteiger charge is -2.35. The molecule has 0 spiro atoms. The van der Waals surface area contributed by atoms with E-state index in [0.29, 0.717) is 79.5 Å². The Labute approximate surface area is 462 Å². The quantitative estimate of drug-likeness (QED) is 0.0906. The molecule has 4 aromatic heterocycles. The molecular formula is C51H54F6N12O8S2. The maximum atomic E-state index is 13.5. The molecule has 420 valence electrons. The highest BCUT2D eigenvalue weighted by atomic mass is 32.1. The highest BCUT2D eigenvalue weighted by Crippen LogP contribution is 2.42. The fourth-order valence-electron chi connectivity index (χ4n) is 9.40. The predicted molar refractivity (Wildman–Crippen MR) is 287 cm³/mol. The van der Waals surface area contributed by atoms with Gasteiger partial charge in [0.05, 0.1) is 84.0 Å². The summed E-state index contributed by atoms with van der Waals surface area (Å²) in [5.41, 5.74) is 0.919. The van der Waals surface area contributed by atoms with Crippen molar-refractivity contribution in [2.45, 2.75) is 69.1 Å². The number of anilines is 6. The summed E-state index contributed by atoms with van der Waals surface area (Å²) in [6.45, 7) is 6.42. The molecule has 4 atom stereocenters. The molecule has 4 N–H and O–H groups in total. The zero-order chi connectivity index (χ0) is 54.2. The maximum absolute atomic E-state index is 13.5. The number of nitrogens with one attached hydrogen (secondary N) is 2. The van der Waals surface area contributed by atoms with Gasteiger partial charge in [-0.1, -0.05) is 24.3 Å². The molecule has 5 aliphatic heterocycles. The first kappa shape index (κ1) is 57.9. The van der Waals surface area contributed by atoms with Crippen molar-refractivity contribution >= 4 is 73.4 Å². The molecule has 28 heteroatoms. The largest absolute Gasteiger partial charge is 0.475 e. The first-order valence-corrected chi connectivity index (χ1v) is 24.4. The molecular weight excluding hydrogens is 1090 g/mol. The standard InChI is InChI=1S/C27H27F3N6O4.C24H23F3N6O4.2H2S/c1-26(2)39-15-20(40-26)14-38-22-7-6-18(11-31-22)33-25(37)36-19-8-9-35(13-19)21-12-32-23(34-24(21)36)16-4-3-5-17(10-16)27(28,29)30;25-24(26,27)15-3-1-2-14(8-15)21-29-10-19-22(31-21)33(17-6-7-32(19)11-17)23(36)30-16-4-5-20(28-9-16)37-13-18(35)12-34;;/h3-7,10-12,19-20H,8-9,13-15H2,1-2H3,(H,33,37);1-5,8-10,17-18,34-35H,6-7,11-13H2,(H,30,36);2*1H2/t19-,20+;17-,18-;;/m00../s1. The van der Waals surface area contributed by atoms with Gasteiger partial charge in [0.1, 0.15) is 25.4 Å². The highest BCUT2D eigenvalue weighted by molar-refractivity contribution is 7.59. The summed E-state index contributed by atoms with van der Waals surface area (Å²) < 4.78 is 102. The van der Waals surface area contributed by atoms with Crippen LogP contribution in [0.3, 0.4) is 0 Å². The summed E-state index contributed by atoms with van der Waals surface area (Å²) in [6.07, 6.45) is -2.85. The second-order valence-corrected chi connectivity index (χ2v) is 19.0. The van der Waals surface area contributed by atoms with Crippen molar-refractivity contribution in [2.24, 2.45) is 0 Å². The van der Waals surface area contributed by atoms with Crippen molar-refractivity contribution in [3.63, 3.8) is 0 Å². The minimum Gasteiger partial charge on any atom is -0.475 e. The van der Waals surface area contributed by atoms with Crippen LogP contribution in [0.4, 0.5) is 70.3 Å². The predicted octanol–water partition coefficient (Wildman–Crippen LogP) is 7.86. The second-order valence-electron chi connectivity index (χ2n) is 19.0. The second kappa shape index (κ2) is 23.6. The minimum absolute atomic E-state index is 0. The van der Waals surface area contributed by atoms with Crippen LogP contribution in [-0.2, 0) is 21.8 Å². The first-order chi connectivity index (χ1) is 36.8. The molecule has 2 aromatic carbocycles. The number of aliphatic hydroxyl groups excluding tert-OH is 2. The molecule has 20 nitrogen and oxygen atoms in total. The zero-order valence-electron chi connectivity index (χ0n) is 42.2. The molecule has 4 amide bonds. The van der Waals surface area contributed by atoms with Gasteiger partial charge in [0.2, 0.25) is 11.8 Å². The molecule has 11 rings (SSSR count). The van der Waals surface area contributed by atoms with Crippen molar-refractivity contribution < 1.29 is 65.1 Å². The van der Waals surface area contributed by atoms with Gasteiger partial charge in [0, 0.05) is 49.4 Å². The Balaban J connectivity index is 0.000000204. The number of carbonyl (C=O) groups is 2. The average molecular weight is 1140 g/mol. The molecule has 0 saturated carbocycles. The van der Waals surface area contributed by atoms with Crippen molar-refractivity contribution in [3.05, 3.63) is 109 Å². The third kappa shape index (κ3) is 13.1. The maximum Gasteiger partial charge on any atom is 0.416 e. The molecule has 5 aliphatic rings. The third-order valence-corrected chi connectivity index (χ3v) is 13.1. The Bertz CT molecular complexity index is 3130. The highest BCUT2D eigenvalue weighted by Gasteiger charge is 2.43. The number of aliphatic hydroxyl groups is 2. The van der Waals surface area contributed by atoms with Gasteiger partial charge < -0.3 is 49.6 Å². The number of urea groups is 2. The number of fused-ring (bicyclic) bond motifs is 8. The van der Waals surface area contributed by atoms with Crippen LogP contribution in [0.25, 0.3) is 22.8 Å². The van der Waals surface area contributed by atoms with E-state index in [4.69, 9.17) is 24.1 Å². The Morgan fingerprint density at radius 1 is 0.709 bits per heavy atom. The summed E-state index contributed by atoms with van der Waals surface area (Å²) in [7, 11) is 0. The van der Waals surface area contributed by atoms with E-state index < -0.39 is 54.0 Å². The number of alkyl halides is 6. The van der Waals surface area contributed by atoms with Gasteiger partial charge in [-0.25, -0.2) is 39.5 Å². The normalized spacial score (nSPS) is 18.9. The van der Waals surface area contributed by atoms with Gasteiger partial charge in [0.25, 0.3) is 0 Å². The van der Waals surface area contributed by atoms with Crippen LogP contribution in [0.5, 0.6) is 11.8 Å². The molecule has 9 heterocycles. The van der Waals surface area contributed by atoms with Gasteiger partial charge in [-0.3, -0.25) is 9.80 Å². The third-order valence-electron chi connectivity index (χ3n) is 13.1. The Kier molecular flexibility index (Phi) is 17.3. The minimum atomic E-state index is -4.51. The van der Waals surface area contributed by atoms with Gasteiger partial charge >= 0.3 is 24.4 Å². The van der Waals surface area contributed by atoms with Gasteiger partial charge in [-0.05, 0) is 63.1 Å². The number of nitrogens with zero attached hydrogens (tertiary/aromatic N) is 10. The number of halogens is 6. The van der Waals surface area contributed by atoms with Crippen LogP contribution in [-0.4, -0.2) is 135 Å². The SMILES string of the molecule is CC1(C)OC[C@@H](COc2ccc(NC(=O)N3c4nc(-c5cccc(C(F)(F)F)c5)ncc4N4CC[C@H]3C4)cn2)O1.O=C(Nc1ccc(OC[C@@H](O)CO)nc1)N1c2nc(-c3cccc(C(F)(F)F)c3)ncc2N2CC[C@H]1C2.S.S. The van der Waals surface area contributed by atoms with Crippen molar-refractivity contribution in [1.29, 1.82) is 0 Å². The number of ether oxygens (including phenoxy) is 4. The number of carbonyl (C=O) groups excluding carboxylic acids is 2. The Hall–Kier alpha value is -7.24. The van der Waals surface area contributed by atoms with Crippen LogP contribution in [0.1, 0.15) is 37.8 Å². The van der Waals surface area contributed by atoms with E-state index in [1.54, 1.807) is 29.3 Å². The van der Waals surface area contributed by atoms with Crippen molar-refractivity contribution in [2.75, 3.05) is 82.8 Å². The number of benzene rings is 2. The first-order valence-electron chi connectivity index (χ1n) is 24.4. The van der Waals surface area contributed by atoms with Crippen molar-refractivity contribution in [3.8, 4) is 34.5 Å². The van der Waals surface area contributed by atoms with Crippen LogP contribution < -0.4 is 39.7 Å². The number of aromatic nitrogens is 6. The smallest absolute Gasteiger partial charge is 0.416 e. The van der Waals surface area contributed by atoms with Crippen LogP contribution in [0.15, 0.2) is 97.6 Å². The lowest BCUT2D eigenvalue weighted by molar-refractivity contribution is -0.141. The van der Waals surface area contributed by atoms with Crippen LogP contribution >= 0.6 is 27.0 Å². The van der Waals surface area contributed by atoms with E-state index in [2.05, 4.69) is 45.4 Å². The number of hydrogen-bond acceptors (Lipinski definition) is 16. The van der Waals surface area contributed by atoms with Crippen LogP contribution in [0, 0.1) is 0 Å². The summed E-state index contributed by atoms with van der Waals surface area (Å²) >= 11 is 0. The lowest BCUT2D eigenvalue weighted by Crippen LogP contribution is -2.48. The van der Waals surface area contributed by atoms with E-state index in [1.165, 1.54) is 53.8 Å². The summed E-state index contributed by atoms with van der Waals surface area (Å²) in [4.78, 5) is 60.1. The molecule has 4 bridgehead atoms. The number of rotatable bonds is 11. The summed E-state index contributed by atoms with van der Waals surface area (Å²) in [6, 6.07) is 14.8. The van der Waals surface area contributed by atoms with Crippen molar-refractivity contribution in [1.82, 2.24) is 29.9 Å². The summed E-state index contributed by atoms with van der Waals surface area (Å²) in [5.74, 6) is 0.797. The average Bonchev–Trinajstić information content (AvgIpc) is 4.16. The summed E-state index contributed by atoms with van der Waals surface area (Å²) in [5, 5.41) is 23.9. The molecule has 0 aliphatic carbocycles. The van der Waals surface area contributed by atoms with Crippen LogP contribution in [0.2, 0.25) is 0 Å². The molecule has 79 heavy (non-hydrogen) atoms. The fourth-order valence-corrected chi connectivity index (χ4v) is 9.40. The van der Waals surface area contributed by atoms with E-state index in [0.717, 1.165) is 30.7 Å². The van der Waals surface area contributed by atoms with E-state index >= 15 is 0 Å². The van der Waals surface area contributed by atoms with Gasteiger partial charge in [-0.2, -0.15) is 53.3 Å². The van der Waals surface area contributed by atoms with E-state index in [9.17, 15) is 41.0 Å². The topological polar surface area (TPSA) is 226 Å². The van der Waals surface area contributed by atoms with Gasteiger partial charge in [-0.15, -0.1) is 0 Å². The van der Waals surface area contributed by atoms with Gasteiger partial charge in [0.15, 0.2) is 29.1 Å².